The van der Waals surface area contributed by atoms with Gasteiger partial charge in [-0.2, -0.15) is 0 Å². The zero-order valence-corrected chi connectivity index (χ0v) is 16.6. The molecule has 7 heteroatoms. The Morgan fingerprint density at radius 2 is 1.96 bits per heavy atom. The zero-order valence-electron chi connectivity index (χ0n) is 16.6. The van der Waals surface area contributed by atoms with Gasteiger partial charge in [-0.25, -0.2) is 4.98 Å². The standard InChI is InChI=1S/C21H27N5O2/c1-24(2)14-11-22-20(27)19-23-18(17-9-5-6-12-25(17)19)21(28)26-13-10-15-7-3-4-8-16(15)26/h3-4,7-8H,5-6,9-14H2,1-2H3,(H,22,27). The molecule has 2 aromatic rings. The van der Waals surface area contributed by atoms with E-state index in [2.05, 4.69) is 16.4 Å². The summed E-state index contributed by atoms with van der Waals surface area (Å²) in [7, 11) is 3.93. The SMILES string of the molecule is CN(C)CCNC(=O)c1nc(C(=O)N2CCc3ccccc32)c2n1CCCC2. The molecule has 1 aromatic carbocycles. The van der Waals surface area contributed by atoms with Crippen LogP contribution in [0.25, 0.3) is 0 Å². The number of hydrogen-bond donors (Lipinski definition) is 1. The van der Waals surface area contributed by atoms with Crippen molar-refractivity contribution in [1.82, 2.24) is 19.8 Å². The second-order valence-corrected chi connectivity index (χ2v) is 7.73. The summed E-state index contributed by atoms with van der Waals surface area (Å²) in [6.07, 6.45) is 3.66. The van der Waals surface area contributed by atoms with Gasteiger partial charge in [0.2, 0.25) is 0 Å². The molecule has 3 heterocycles. The van der Waals surface area contributed by atoms with Gasteiger partial charge in [0.1, 0.15) is 0 Å². The van der Waals surface area contributed by atoms with Crippen LogP contribution in [0.15, 0.2) is 24.3 Å². The third-order valence-electron chi connectivity index (χ3n) is 5.50. The lowest BCUT2D eigenvalue weighted by atomic mass is 10.1. The van der Waals surface area contributed by atoms with Crippen molar-refractivity contribution in [1.29, 1.82) is 0 Å². The normalized spacial score (nSPS) is 15.5. The monoisotopic (exact) mass is 381 g/mol. The van der Waals surface area contributed by atoms with E-state index in [1.807, 2.05) is 41.8 Å². The molecule has 28 heavy (non-hydrogen) atoms. The first-order valence-corrected chi connectivity index (χ1v) is 9.98. The Bertz CT molecular complexity index is 902. The van der Waals surface area contributed by atoms with E-state index in [1.165, 1.54) is 5.56 Å². The topological polar surface area (TPSA) is 70.5 Å². The summed E-state index contributed by atoms with van der Waals surface area (Å²) in [6.45, 7) is 2.71. The van der Waals surface area contributed by atoms with Gasteiger partial charge in [0.05, 0.1) is 5.69 Å². The van der Waals surface area contributed by atoms with E-state index < -0.39 is 0 Å². The second kappa shape index (κ2) is 7.75. The molecule has 0 saturated heterocycles. The minimum absolute atomic E-state index is 0.0945. The molecule has 0 fully saturated rings. The Balaban J connectivity index is 1.62. The summed E-state index contributed by atoms with van der Waals surface area (Å²) in [5.41, 5.74) is 3.49. The highest BCUT2D eigenvalue weighted by Gasteiger charge is 2.32. The van der Waals surface area contributed by atoms with Crippen molar-refractivity contribution in [3.63, 3.8) is 0 Å². The highest BCUT2D eigenvalue weighted by molar-refractivity contribution is 6.07. The number of rotatable bonds is 5. The summed E-state index contributed by atoms with van der Waals surface area (Å²) in [4.78, 5) is 34.4. The number of hydrogen-bond acceptors (Lipinski definition) is 4. The number of aromatic nitrogens is 2. The van der Waals surface area contributed by atoms with E-state index in [4.69, 9.17) is 0 Å². The first-order chi connectivity index (χ1) is 13.6. The van der Waals surface area contributed by atoms with E-state index >= 15 is 0 Å². The third kappa shape index (κ3) is 3.42. The maximum Gasteiger partial charge on any atom is 0.287 e. The molecule has 0 unspecified atom stereocenters. The fraction of sp³-hybridized carbons (Fsp3) is 0.476. The maximum atomic E-state index is 13.3. The summed E-state index contributed by atoms with van der Waals surface area (Å²) in [6, 6.07) is 8.00. The Hall–Kier alpha value is -2.67. The Morgan fingerprint density at radius 1 is 1.14 bits per heavy atom. The van der Waals surface area contributed by atoms with Gasteiger partial charge in [-0.15, -0.1) is 0 Å². The van der Waals surface area contributed by atoms with Crippen LogP contribution in [-0.2, 0) is 19.4 Å². The Morgan fingerprint density at radius 3 is 2.79 bits per heavy atom. The number of nitrogens with one attached hydrogen (secondary N) is 1. The molecule has 0 atom stereocenters. The number of carbonyl (C=O) groups excluding carboxylic acids is 2. The molecule has 1 aromatic heterocycles. The van der Waals surface area contributed by atoms with Gasteiger partial charge >= 0.3 is 0 Å². The Labute approximate surface area is 165 Å². The summed E-state index contributed by atoms with van der Waals surface area (Å²) in [5.74, 6) is 0.0677. The molecule has 0 spiro atoms. The van der Waals surface area contributed by atoms with Gasteiger partial charge in [0, 0.05) is 31.9 Å². The molecule has 0 bridgehead atoms. The molecule has 0 aliphatic carbocycles. The van der Waals surface area contributed by atoms with Crippen LogP contribution < -0.4 is 10.2 Å². The first-order valence-electron chi connectivity index (χ1n) is 9.98. The summed E-state index contributed by atoms with van der Waals surface area (Å²) >= 11 is 0. The van der Waals surface area contributed by atoms with Crippen molar-refractivity contribution < 1.29 is 9.59 Å². The van der Waals surface area contributed by atoms with Crippen LogP contribution in [-0.4, -0.2) is 60.0 Å². The molecule has 2 aliphatic heterocycles. The lowest BCUT2D eigenvalue weighted by Gasteiger charge is -2.19. The van der Waals surface area contributed by atoms with E-state index in [0.29, 0.717) is 24.6 Å². The van der Waals surface area contributed by atoms with Crippen LogP contribution in [0.2, 0.25) is 0 Å². The van der Waals surface area contributed by atoms with Crippen molar-refractivity contribution in [2.24, 2.45) is 0 Å². The number of carbonyl (C=O) groups is 2. The molecule has 148 valence electrons. The predicted octanol–water partition coefficient (Wildman–Crippen LogP) is 1.71. The molecular formula is C21H27N5O2. The largest absolute Gasteiger partial charge is 0.348 e. The number of fused-ring (bicyclic) bond motifs is 2. The van der Waals surface area contributed by atoms with Crippen LogP contribution in [0.4, 0.5) is 5.69 Å². The smallest absolute Gasteiger partial charge is 0.287 e. The molecule has 2 amide bonds. The molecule has 2 aliphatic rings. The fourth-order valence-corrected chi connectivity index (χ4v) is 4.04. The van der Waals surface area contributed by atoms with Crippen LogP contribution in [0.5, 0.6) is 0 Å². The number of imidazole rings is 1. The third-order valence-corrected chi connectivity index (χ3v) is 5.50. The Kier molecular flexibility index (Phi) is 5.17. The maximum absolute atomic E-state index is 13.3. The predicted molar refractivity (Wildman–Crippen MR) is 108 cm³/mol. The van der Waals surface area contributed by atoms with E-state index in [9.17, 15) is 9.59 Å². The van der Waals surface area contributed by atoms with Crippen molar-refractivity contribution in [3.05, 3.63) is 47.0 Å². The first kappa shape index (κ1) is 18.7. The molecule has 0 radical (unpaired) electrons. The molecule has 0 saturated carbocycles. The number of likely N-dealkylation sites (N-methyl/N-ethyl adjacent to an activating group) is 1. The highest BCUT2D eigenvalue weighted by Crippen LogP contribution is 2.30. The van der Waals surface area contributed by atoms with E-state index in [-0.39, 0.29) is 11.8 Å². The van der Waals surface area contributed by atoms with Crippen molar-refractivity contribution in [2.75, 3.05) is 38.6 Å². The number of para-hydroxylation sites is 1. The molecular weight excluding hydrogens is 354 g/mol. The minimum Gasteiger partial charge on any atom is -0.348 e. The summed E-state index contributed by atoms with van der Waals surface area (Å²) in [5, 5.41) is 2.93. The highest BCUT2D eigenvalue weighted by atomic mass is 16.2. The molecule has 7 nitrogen and oxygen atoms in total. The van der Waals surface area contributed by atoms with Crippen molar-refractivity contribution in [3.8, 4) is 0 Å². The van der Waals surface area contributed by atoms with Crippen LogP contribution in [0.3, 0.4) is 0 Å². The van der Waals surface area contributed by atoms with Gasteiger partial charge in [-0.05, 0) is 51.4 Å². The number of nitrogens with zero attached hydrogens (tertiary/aromatic N) is 4. The van der Waals surface area contributed by atoms with E-state index in [1.54, 1.807) is 4.90 Å². The van der Waals surface area contributed by atoms with Crippen molar-refractivity contribution in [2.45, 2.75) is 32.2 Å². The lowest BCUT2D eigenvalue weighted by Crippen LogP contribution is -2.33. The quantitative estimate of drug-likeness (QED) is 0.856. The minimum atomic E-state index is -0.203. The van der Waals surface area contributed by atoms with Crippen LogP contribution in [0.1, 0.15) is 45.2 Å². The van der Waals surface area contributed by atoms with Gasteiger partial charge in [-0.1, -0.05) is 18.2 Å². The summed E-state index contributed by atoms with van der Waals surface area (Å²) < 4.78 is 1.95. The van der Waals surface area contributed by atoms with Crippen LogP contribution in [0, 0.1) is 0 Å². The number of benzene rings is 1. The number of amides is 2. The van der Waals surface area contributed by atoms with Crippen LogP contribution >= 0.6 is 0 Å². The van der Waals surface area contributed by atoms with Crippen molar-refractivity contribution >= 4 is 17.5 Å². The van der Waals surface area contributed by atoms with E-state index in [0.717, 1.165) is 50.2 Å². The van der Waals surface area contributed by atoms with Gasteiger partial charge in [-0.3, -0.25) is 9.59 Å². The van der Waals surface area contributed by atoms with Gasteiger partial charge in [0.25, 0.3) is 11.8 Å². The average molecular weight is 381 g/mol. The second-order valence-electron chi connectivity index (χ2n) is 7.73. The lowest BCUT2D eigenvalue weighted by molar-refractivity contribution is 0.0935. The van der Waals surface area contributed by atoms with Gasteiger partial charge < -0.3 is 19.7 Å². The molecule has 4 rings (SSSR count). The molecule has 1 N–H and O–H groups in total. The van der Waals surface area contributed by atoms with Gasteiger partial charge in [0.15, 0.2) is 11.5 Å². The number of anilines is 1. The zero-order chi connectivity index (χ0) is 19.7. The fourth-order valence-electron chi connectivity index (χ4n) is 4.04. The average Bonchev–Trinajstić information content (AvgIpc) is 3.29.